The van der Waals surface area contributed by atoms with Gasteiger partial charge in [0.2, 0.25) is 5.91 Å². The second-order valence-electron chi connectivity index (χ2n) is 6.33. The minimum atomic E-state index is -0.142. The first-order valence-corrected chi connectivity index (χ1v) is 9.36. The summed E-state index contributed by atoms with van der Waals surface area (Å²) in [7, 11) is 0. The number of rotatable bonds is 7. The Morgan fingerprint density at radius 3 is 2.75 bits per heavy atom. The topological polar surface area (TPSA) is 74.8 Å². The molecule has 150 valence electrons. The number of para-hydroxylation sites is 1. The van der Waals surface area contributed by atoms with Crippen molar-refractivity contribution in [2.75, 3.05) is 31.6 Å². The monoisotopic (exact) mass is 494 g/mol. The average molecular weight is 494 g/mol. The number of hydrogen-bond acceptors (Lipinski definition) is 3. The number of amides is 1. The zero-order valence-corrected chi connectivity index (χ0v) is 18.4. The van der Waals surface area contributed by atoms with Crippen molar-refractivity contribution in [2.24, 2.45) is 4.99 Å². The summed E-state index contributed by atoms with van der Waals surface area (Å²) in [5, 5.41) is 9.28. The lowest BCUT2D eigenvalue weighted by atomic mass is 10.1. The lowest BCUT2D eigenvalue weighted by Gasteiger charge is -2.12. The van der Waals surface area contributed by atoms with Gasteiger partial charge in [0.25, 0.3) is 0 Å². The number of carbonyl (C=O) groups excluding carboxylic acids is 1. The number of nitrogens with zero attached hydrogens (tertiary/aromatic N) is 1. The summed E-state index contributed by atoms with van der Waals surface area (Å²) in [5.74, 6) is 1.51. The molecule has 7 heteroatoms. The van der Waals surface area contributed by atoms with E-state index in [4.69, 9.17) is 4.74 Å². The third-order valence-electron chi connectivity index (χ3n) is 4.24. The second-order valence-corrected chi connectivity index (χ2v) is 6.33. The molecule has 1 aliphatic heterocycles. The summed E-state index contributed by atoms with van der Waals surface area (Å²) in [5.41, 5.74) is 3.33. The Morgan fingerprint density at radius 1 is 1.14 bits per heavy atom. The summed E-state index contributed by atoms with van der Waals surface area (Å²) < 4.78 is 5.54. The molecule has 3 rings (SSSR count). The minimum Gasteiger partial charge on any atom is -0.493 e. The third-order valence-corrected chi connectivity index (χ3v) is 4.24. The molecule has 0 saturated heterocycles. The molecule has 0 radical (unpaired) electrons. The van der Waals surface area contributed by atoms with Crippen LogP contribution in [0.15, 0.2) is 53.5 Å². The lowest BCUT2D eigenvalue weighted by molar-refractivity contribution is -0.114. The van der Waals surface area contributed by atoms with Gasteiger partial charge in [-0.1, -0.05) is 30.3 Å². The highest BCUT2D eigenvalue weighted by Gasteiger charge is 2.11. The quantitative estimate of drug-likeness (QED) is 0.315. The van der Waals surface area contributed by atoms with Gasteiger partial charge in [0, 0.05) is 25.2 Å². The van der Waals surface area contributed by atoms with Crippen LogP contribution in [0.25, 0.3) is 0 Å². The highest BCUT2D eigenvalue weighted by Crippen LogP contribution is 2.25. The molecule has 2 aromatic rings. The number of anilines is 1. The molecule has 0 aliphatic carbocycles. The van der Waals surface area contributed by atoms with Crippen LogP contribution < -0.4 is 20.7 Å². The molecule has 0 spiro atoms. The number of hydrogen-bond donors (Lipinski definition) is 3. The summed E-state index contributed by atoms with van der Waals surface area (Å²) in [6, 6.07) is 15.7. The molecule has 1 heterocycles. The Hall–Kier alpha value is -2.29. The van der Waals surface area contributed by atoms with Gasteiger partial charge in [-0.15, -0.1) is 24.0 Å². The molecule has 1 amide bonds. The molecule has 0 saturated carbocycles. The molecule has 3 N–H and O–H groups in total. The van der Waals surface area contributed by atoms with Crippen molar-refractivity contribution in [3.05, 3.63) is 59.7 Å². The predicted octanol–water partition coefficient (Wildman–Crippen LogP) is 2.98. The SMILES string of the molecule is CCNC(=NCC(=O)Nc1ccccc1)NCCc1ccc2c(c1)CCO2.I. The predicted molar refractivity (Wildman–Crippen MR) is 124 cm³/mol. The summed E-state index contributed by atoms with van der Waals surface area (Å²) in [4.78, 5) is 16.4. The van der Waals surface area contributed by atoms with E-state index in [0.717, 1.165) is 44.0 Å². The van der Waals surface area contributed by atoms with Crippen LogP contribution in [0.1, 0.15) is 18.1 Å². The van der Waals surface area contributed by atoms with Crippen molar-refractivity contribution >= 4 is 41.5 Å². The van der Waals surface area contributed by atoms with E-state index in [0.29, 0.717) is 5.96 Å². The molecule has 0 unspecified atom stereocenters. The van der Waals surface area contributed by atoms with Crippen LogP contribution in [-0.4, -0.2) is 38.1 Å². The van der Waals surface area contributed by atoms with Gasteiger partial charge in [-0.3, -0.25) is 4.79 Å². The van der Waals surface area contributed by atoms with Crippen LogP contribution in [0.4, 0.5) is 5.69 Å². The van der Waals surface area contributed by atoms with Crippen LogP contribution in [-0.2, 0) is 17.6 Å². The molecule has 2 aromatic carbocycles. The van der Waals surface area contributed by atoms with Crippen molar-refractivity contribution < 1.29 is 9.53 Å². The Labute approximate surface area is 183 Å². The standard InChI is InChI=1S/C21H26N4O2.HI/c1-2-22-21(24-15-20(26)25-18-6-4-3-5-7-18)23-12-10-16-8-9-19-17(14-16)11-13-27-19;/h3-9,14H,2,10-13,15H2,1H3,(H,25,26)(H2,22,23,24);1H. The van der Waals surface area contributed by atoms with Crippen LogP contribution in [0.5, 0.6) is 5.75 Å². The van der Waals surface area contributed by atoms with Crippen molar-refractivity contribution in [1.29, 1.82) is 0 Å². The van der Waals surface area contributed by atoms with Gasteiger partial charge in [0.15, 0.2) is 5.96 Å². The number of guanidine groups is 1. The molecule has 0 bridgehead atoms. The van der Waals surface area contributed by atoms with Crippen molar-refractivity contribution in [3.63, 3.8) is 0 Å². The van der Waals surface area contributed by atoms with E-state index in [9.17, 15) is 4.79 Å². The Morgan fingerprint density at radius 2 is 1.96 bits per heavy atom. The lowest BCUT2D eigenvalue weighted by Crippen LogP contribution is -2.39. The van der Waals surface area contributed by atoms with Crippen LogP contribution in [0.2, 0.25) is 0 Å². The summed E-state index contributed by atoms with van der Waals surface area (Å²) >= 11 is 0. The Kier molecular flexibility index (Phi) is 9.06. The van der Waals surface area contributed by atoms with Crippen LogP contribution in [0, 0.1) is 0 Å². The third kappa shape index (κ3) is 6.70. The first-order chi connectivity index (χ1) is 13.2. The van der Waals surface area contributed by atoms with Crippen LogP contribution in [0.3, 0.4) is 0 Å². The molecule has 6 nitrogen and oxygen atoms in total. The van der Waals surface area contributed by atoms with E-state index in [1.54, 1.807) is 0 Å². The zero-order valence-electron chi connectivity index (χ0n) is 16.0. The highest BCUT2D eigenvalue weighted by atomic mass is 127. The molecule has 0 aromatic heterocycles. The first-order valence-electron chi connectivity index (χ1n) is 9.36. The first kappa shape index (κ1) is 22.0. The van der Waals surface area contributed by atoms with Gasteiger partial charge in [0.1, 0.15) is 12.3 Å². The van der Waals surface area contributed by atoms with E-state index >= 15 is 0 Å². The maximum absolute atomic E-state index is 12.0. The Bertz CT molecular complexity index is 796. The van der Waals surface area contributed by atoms with Crippen molar-refractivity contribution in [2.45, 2.75) is 19.8 Å². The van der Waals surface area contributed by atoms with Gasteiger partial charge in [-0.25, -0.2) is 4.99 Å². The van der Waals surface area contributed by atoms with E-state index in [-0.39, 0.29) is 36.4 Å². The molecule has 28 heavy (non-hydrogen) atoms. The molecule has 1 aliphatic rings. The van der Waals surface area contributed by atoms with Crippen LogP contribution >= 0.6 is 24.0 Å². The van der Waals surface area contributed by atoms with Gasteiger partial charge >= 0.3 is 0 Å². The van der Waals surface area contributed by atoms with Crippen molar-refractivity contribution in [3.8, 4) is 5.75 Å². The van der Waals surface area contributed by atoms with Gasteiger partial charge in [-0.2, -0.15) is 0 Å². The molecular formula is C21H27IN4O2. The number of aliphatic imine (C=N–C) groups is 1. The Balaban J connectivity index is 0.00000280. The smallest absolute Gasteiger partial charge is 0.246 e. The number of benzene rings is 2. The number of ether oxygens (including phenoxy) is 1. The molecular weight excluding hydrogens is 467 g/mol. The van der Waals surface area contributed by atoms with Gasteiger partial charge < -0.3 is 20.7 Å². The number of fused-ring (bicyclic) bond motifs is 1. The fraction of sp³-hybridized carbons (Fsp3) is 0.333. The summed E-state index contributed by atoms with van der Waals surface area (Å²) in [6.45, 7) is 4.33. The van der Waals surface area contributed by atoms with Crippen molar-refractivity contribution in [1.82, 2.24) is 10.6 Å². The maximum Gasteiger partial charge on any atom is 0.246 e. The number of halogens is 1. The zero-order chi connectivity index (χ0) is 18.9. The minimum absolute atomic E-state index is 0. The van der Waals surface area contributed by atoms with E-state index in [2.05, 4.69) is 33.1 Å². The van der Waals surface area contributed by atoms with Gasteiger partial charge in [-0.05, 0) is 42.7 Å². The molecule has 0 atom stereocenters. The number of nitrogens with one attached hydrogen (secondary N) is 3. The average Bonchev–Trinajstić information content (AvgIpc) is 3.15. The highest BCUT2D eigenvalue weighted by molar-refractivity contribution is 14.0. The maximum atomic E-state index is 12.0. The second kappa shape index (κ2) is 11.5. The normalized spacial score (nSPS) is 12.4. The fourth-order valence-corrected chi connectivity index (χ4v) is 2.94. The van der Waals surface area contributed by atoms with Gasteiger partial charge in [0.05, 0.1) is 6.61 Å². The number of carbonyl (C=O) groups is 1. The van der Waals surface area contributed by atoms with E-state index in [1.165, 1.54) is 11.1 Å². The molecule has 0 fully saturated rings. The summed E-state index contributed by atoms with van der Waals surface area (Å²) in [6.07, 6.45) is 1.87. The van der Waals surface area contributed by atoms with E-state index in [1.807, 2.05) is 43.3 Å². The largest absolute Gasteiger partial charge is 0.493 e. The fourth-order valence-electron chi connectivity index (χ4n) is 2.94. The van der Waals surface area contributed by atoms with E-state index < -0.39 is 0 Å².